The van der Waals surface area contributed by atoms with Gasteiger partial charge in [-0.1, -0.05) is 66.2 Å². The number of unbranched alkanes of at least 4 members (excludes halogenated alkanes) is 4. The fraction of sp³-hybridized carbons (Fsp3) is 1.00. The fourth-order valence-corrected chi connectivity index (χ4v) is 2.83. The first-order valence-electron chi connectivity index (χ1n) is 8.63. The minimum Gasteiger partial charge on any atom is -0.350 e. The summed E-state index contributed by atoms with van der Waals surface area (Å²) in [6.45, 7) is 16.8. The van der Waals surface area contributed by atoms with Crippen LogP contribution in [0.1, 0.15) is 87.0 Å². The first-order chi connectivity index (χ1) is 9.35. The predicted octanol–water partition coefficient (Wildman–Crippen LogP) is 5.80. The van der Waals surface area contributed by atoms with E-state index in [1.165, 1.54) is 38.5 Å². The van der Waals surface area contributed by atoms with Gasteiger partial charge in [-0.15, -0.1) is 0 Å². The van der Waals surface area contributed by atoms with E-state index in [1.54, 1.807) is 0 Å². The highest BCUT2D eigenvalue weighted by Gasteiger charge is 2.46. The van der Waals surface area contributed by atoms with E-state index >= 15 is 0 Å². The van der Waals surface area contributed by atoms with Crippen molar-refractivity contribution in [2.24, 2.45) is 11.3 Å². The van der Waals surface area contributed by atoms with Crippen LogP contribution < -0.4 is 0 Å². The average molecular weight is 287 g/mol. The van der Waals surface area contributed by atoms with Crippen molar-refractivity contribution in [2.75, 3.05) is 13.2 Å². The molecule has 1 unspecified atom stereocenters. The highest BCUT2D eigenvalue weighted by molar-refractivity contribution is 4.88. The molecule has 0 saturated heterocycles. The van der Waals surface area contributed by atoms with E-state index in [4.69, 9.17) is 9.47 Å². The summed E-state index contributed by atoms with van der Waals surface area (Å²) in [6.07, 6.45) is 7.98. The Labute approximate surface area is 127 Å². The third-order valence-electron chi connectivity index (χ3n) is 4.98. The summed E-state index contributed by atoms with van der Waals surface area (Å²) in [4.78, 5) is 0. The lowest BCUT2D eigenvalue weighted by Crippen LogP contribution is -2.50. The summed E-state index contributed by atoms with van der Waals surface area (Å²) in [6, 6.07) is 0. The maximum Gasteiger partial charge on any atom is 0.170 e. The van der Waals surface area contributed by atoms with Gasteiger partial charge in [-0.3, -0.25) is 0 Å². The Morgan fingerprint density at radius 3 is 1.75 bits per heavy atom. The van der Waals surface area contributed by atoms with Crippen LogP contribution in [0.2, 0.25) is 0 Å². The average Bonchev–Trinajstić information content (AvgIpc) is 2.38. The van der Waals surface area contributed by atoms with Crippen molar-refractivity contribution < 1.29 is 9.47 Å². The van der Waals surface area contributed by atoms with E-state index < -0.39 is 5.79 Å². The molecule has 0 saturated carbocycles. The van der Waals surface area contributed by atoms with Crippen LogP contribution in [0.4, 0.5) is 0 Å². The Kier molecular flexibility index (Phi) is 9.74. The molecule has 0 aliphatic carbocycles. The summed E-state index contributed by atoms with van der Waals surface area (Å²) in [5.41, 5.74) is 0.0176. The van der Waals surface area contributed by atoms with Crippen molar-refractivity contribution in [3.05, 3.63) is 0 Å². The van der Waals surface area contributed by atoms with Gasteiger partial charge in [0.1, 0.15) is 0 Å². The number of ether oxygens (including phenoxy) is 2. The second-order valence-electron chi connectivity index (χ2n) is 6.64. The quantitative estimate of drug-likeness (QED) is 0.333. The second kappa shape index (κ2) is 9.78. The molecule has 0 aliphatic heterocycles. The molecule has 0 aromatic rings. The number of hydrogen-bond acceptors (Lipinski definition) is 2. The van der Waals surface area contributed by atoms with Crippen molar-refractivity contribution in [3.63, 3.8) is 0 Å². The van der Waals surface area contributed by atoms with Crippen molar-refractivity contribution in [3.8, 4) is 0 Å². The standard InChI is InChI=1S/C18H38O2/c1-8-11-12-13-14-15-16(4)17(5,6)18(7,19-9-2)20-10-3/h16H,8-15H2,1-7H3. The lowest BCUT2D eigenvalue weighted by atomic mass is 9.71. The molecule has 0 spiro atoms. The Hall–Kier alpha value is -0.0800. The van der Waals surface area contributed by atoms with E-state index in [0.29, 0.717) is 19.1 Å². The van der Waals surface area contributed by atoms with Crippen LogP contribution >= 0.6 is 0 Å². The molecule has 0 aromatic heterocycles. The maximum absolute atomic E-state index is 5.98. The van der Waals surface area contributed by atoms with Crippen LogP contribution in [0, 0.1) is 11.3 Å². The van der Waals surface area contributed by atoms with E-state index in [0.717, 1.165) is 0 Å². The molecule has 0 bridgehead atoms. The Bertz CT molecular complexity index is 230. The van der Waals surface area contributed by atoms with Crippen LogP contribution in [0.3, 0.4) is 0 Å². The summed E-state index contributed by atoms with van der Waals surface area (Å²) in [5, 5.41) is 0. The van der Waals surface area contributed by atoms with Gasteiger partial charge < -0.3 is 9.47 Å². The number of hydrogen-bond donors (Lipinski definition) is 0. The summed E-state index contributed by atoms with van der Waals surface area (Å²) >= 11 is 0. The third-order valence-corrected chi connectivity index (χ3v) is 4.98. The first-order valence-corrected chi connectivity index (χ1v) is 8.63. The predicted molar refractivity (Wildman–Crippen MR) is 88.0 cm³/mol. The molecule has 0 rings (SSSR count). The van der Waals surface area contributed by atoms with Crippen LogP contribution in [0.15, 0.2) is 0 Å². The van der Waals surface area contributed by atoms with Crippen molar-refractivity contribution >= 4 is 0 Å². The monoisotopic (exact) mass is 286 g/mol. The lowest BCUT2D eigenvalue weighted by Gasteiger charge is -2.47. The van der Waals surface area contributed by atoms with Gasteiger partial charge in [0.25, 0.3) is 0 Å². The van der Waals surface area contributed by atoms with E-state index in [1.807, 2.05) is 13.8 Å². The smallest absolute Gasteiger partial charge is 0.170 e. The molecule has 0 radical (unpaired) electrons. The van der Waals surface area contributed by atoms with Crippen LogP contribution in [0.25, 0.3) is 0 Å². The van der Waals surface area contributed by atoms with Gasteiger partial charge in [0, 0.05) is 18.6 Å². The first kappa shape index (κ1) is 19.9. The molecule has 0 fully saturated rings. The normalized spacial score (nSPS) is 14.6. The van der Waals surface area contributed by atoms with Gasteiger partial charge in [0.15, 0.2) is 5.79 Å². The molecule has 1 atom stereocenters. The molecular weight excluding hydrogens is 248 g/mol. The van der Waals surface area contributed by atoms with Gasteiger partial charge in [-0.25, -0.2) is 0 Å². The lowest BCUT2D eigenvalue weighted by molar-refractivity contribution is -0.289. The minimum absolute atomic E-state index is 0.0176. The second-order valence-corrected chi connectivity index (χ2v) is 6.64. The van der Waals surface area contributed by atoms with E-state index in [9.17, 15) is 0 Å². The zero-order valence-corrected chi connectivity index (χ0v) is 15.1. The Balaban J connectivity index is 4.48. The minimum atomic E-state index is -0.487. The summed E-state index contributed by atoms with van der Waals surface area (Å²) in [5.74, 6) is 0.103. The zero-order chi connectivity index (χ0) is 15.6. The Morgan fingerprint density at radius 1 is 0.800 bits per heavy atom. The Morgan fingerprint density at radius 2 is 1.30 bits per heavy atom. The molecule has 122 valence electrons. The molecule has 0 aromatic carbocycles. The highest BCUT2D eigenvalue weighted by Crippen LogP contribution is 2.43. The van der Waals surface area contributed by atoms with Crippen LogP contribution in [-0.2, 0) is 9.47 Å². The molecule has 0 N–H and O–H groups in total. The molecule has 0 aliphatic rings. The van der Waals surface area contributed by atoms with Crippen molar-refractivity contribution in [1.29, 1.82) is 0 Å². The third kappa shape index (κ3) is 5.73. The molecule has 20 heavy (non-hydrogen) atoms. The maximum atomic E-state index is 5.98. The van der Waals surface area contributed by atoms with E-state index in [-0.39, 0.29) is 5.41 Å². The largest absolute Gasteiger partial charge is 0.350 e. The van der Waals surface area contributed by atoms with Crippen molar-refractivity contribution in [1.82, 2.24) is 0 Å². The highest BCUT2D eigenvalue weighted by atomic mass is 16.7. The molecular formula is C18H38O2. The van der Waals surface area contributed by atoms with Crippen LogP contribution in [-0.4, -0.2) is 19.0 Å². The fourth-order valence-electron chi connectivity index (χ4n) is 2.83. The molecule has 0 heterocycles. The van der Waals surface area contributed by atoms with Crippen LogP contribution in [0.5, 0.6) is 0 Å². The summed E-state index contributed by atoms with van der Waals surface area (Å²) < 4.78 is 12.0. The van der Waals surface area contributed by atoms with Gasteiger partial charge in [-0.2, -0.15) is 0 Å². The van der Waals surface area contributed by atoms with Gasteiger partial charge in [0.05, 0.1) is 0 Å². The summed E-state index contributed by atoms with van der Waals surface area (Å²) in [7, 11) is 0. The molecule has 0 amide bonds. The zero-order valence-electron chi connectivity index (χ0n) is 15.1. The van der Waals surface area contributed by atoms with Gasteiger partial charge in [0.2, 0.25) is 0 Å². The molecule has 2 heteroatoms. The number of rotatable bonds is 12. The van der Waals surface area contributed by atoms with Gasteiger partial charge in [-0.05, 0) is 26.7 Å². The topological polar surface area (TPSA) is 18.5 Å². The molecule has 2 nitrogen and oxygen atoms in total. The van der Waals surface area contributed by atoms with Gasteiger partial charge >= 0.3 is 0 Å². The van der Waals surface area contributed by atoms with E-state index in [2.05, 4.69) is 34.6 Å². The van der Waals surface area contributed by atoms with Crippen molar-refractivity contribution in [2.45, 2.75) is 92.8 Å². The SMILES string of the molecule is CCCCCCCC(C)C(C)(C)C(C)(OCC)OCC.